The molecule has 0 spiro atoms. The summed E-state index contributed by atoms with van der Waals surface area (Å²) in [5.41, 5.74) is 7.08. The maximum atomic E-state index is 6.77. The maximum absolute atomic E-state index is 6.77. The Bertz CT molecular complexity index is 3000. The van der Waals surface area contributed by atoms with Crippen LogP contribution in [0.2, 0.25) is 0 Å². The van der Waals surface area contributed by atoms with E-state index in [1.165, 1.54) is 211 Å². The summed E-state index contributed by atoms with van der Waals surface area (Å²) >= 11 is 0. The van der Waals surface area contributed by atoms with Crippen molar-refractivity contribution in [2.45, 2.75) is 245 Å². The summed E-state index contributed by atoms with van der Waals surface area (Å²) in [5.74, 6) is 5.68. The lowest BCUT2D eigenvalue weighted by Crippen LogP contribution is -2.11. The molecule has 0 aromatic heterocycles. The molecular weight excluding hydrogens is 1130 g/mol. The van der Waals surface area contributed by atoms with Crippen LogP contribution < -0.4 is 28.4 Å². The van der Waals surface area contributed by atoms with E-state index in [-0.39, 0.29) is 12.2 Å². The van der Waals surface area contributed by atoms with Crippen LogP contribution in [0, 0.1) is 0 Å². The highest BCUT2D eigenvalue weighted by atomic mass is 16.5. The Morgan fingerprint density at radius 3 is 0.848 bits per heavy atom. The van der Waals surface area contributed by atoms with E-state index >= 15 is 0 Å². The fraction of sp³-hybridized carbons (Fsp3) is 0.488. The fourth-order valence-electron chi connectivity index (χ4n) is 12.8. The van der Waals surface area contributed by atoms with E-state index in [0.29, 0.717) is 13.2 Å². The van der Waals surface area contributed by atoms with Gasteiger partial charge in [-0.3, -0.25) is 0 Å². The molecule has 0 N–H and O–H groups in total. The molecule has 8 aromatic carbocycles. The molecule has 494 valence electrons. The minimum atomic E-state index is 0.247. The standard InChI is InChI=1S/C86H114O6/c1-5-7-9-23-29-39-69(3)91-79-59-49-73(50-60-79)71-45-55-77(56-46-71)87-65-35-25-19-15-11-13-17-21-27-37-67-89-83-63-53-75-41-31-33-43-81(75)85(83)86-82-44-34-32-42-76(82)54-64-84(86)90-68-38-28-22-18-14-12-16-20-26-36-66-88-78-57-47-72(48-58-78)74-51-61-80(62-52-74)92-70(4)40-30-24-10-8-6-2/h31-34,41-64,69-70H,5-30,35-40,65-68H2,1-4H3. The summed E-state index contributed by atoms with van der Waals surface area (Å²) in [4.78, 5) is 0. The highest BCUT2D eigenvalue weighted by Crippen LogP contribution is 2.46. The Hall–Kier alpha value is -6.92. The average molecular weight is 1240 g/mol. The first-order valence-electron chi connectivity index (χ1n) is 36.7. The van der Waals surface area contributed by atoms with Gasteiger partial charge in [0.25, 0.3) is 0 Å². The summed E-state index contributed by atoms with van der Waals surface area (Å²) in [5, 5.41) is 4.83. The SMILES string of the molecule is CCCCCCCC(C)Oc1ccc(-c2ccc(OCCCCCCCCCCCCOc3ccc4ccccc4c3-c3c(OCCCCCCCCCCCCOc4ccc(-c5ccc(OC(C)CCCCCCC)cc5)cc4)ccc4ccccc34)cc2)cc1. The van der Waals surface area contributed by atoms with Gasteiger partial charge in [-0.2, -0.15) is 0 Å². The van der Waals surface area contributed by atoms with E-state index in [0.717, 1.165) is 97.4 Å². The van der Waals surface area contributed by atoms with Crippen LogP contribution in [0.5, 0.6) is 34.5 Å². The topological polar surface area (TPSA) is 55.4 Å². The van der Waals surface area contributed by atoms with Gasteiger partial charge >= 0.3 is 0 Å². The summed E-state index contributed by atoms with van der Waals surface area (Å²) in [6.45, 7) is 11.9. The lowest BCUT2D eigenvalue weighted by molar-refractivity contribution is 0.206. The lowest BCUT2D eigenvalue weighted by Gasteiger charge is -2.20. The van der Waals surface area contributed by atoms with E-state index in [1.807, 2.05) is 0 Å². The first-order valence-corrected chi connectivity index (χ1v) is 36.7. The van der Waals surface area contributed by atoms with Gasteiger partial charge in [0.2, 0.25) is 0 Å². The molecule has 0 fully saturated rings. The highest BCUT2D eigenvalue weighted by Gasteiger charge is 2.20. The molecule has 0 bridgehead atoms. The number of benzene rings is 8. The fourth-order valence-corrected chi connectivity index (χ4v) is 12.8. The number of unbranched alkanes of at least 4 members (excludes halogenated alkanes) is 26. The molecule has 0 saturated carbocycles. The van der Waals surface area contributed by atoms with Gasteiger partial charge in [0.05, 0.1) is 38.6 Å². The van der Waals surface area contributed by atoms with Gasteiger partial charge in [-0.05, 0) is 170 Å². The molecule has 8 aromatic rings. The van der Waals surface area contributed by atoms with E-state index in [9.17, 15) is 0 Å². The van der Waals surface area contributed by atoms with Crippen molar-refractivity contribution in [3.63, 3.8) is 0 Å². The van der Waals surface area contributed by atoms with Crippen molar-refractivity contribution in [2.24, 2.45) is 0 Å². The second kappa shape index (κ2) is 42.3. The van der Waals surface area contributed by atoms with E-state index in [2.05, 4.69) is 198 Å². The summed E-state index contributed by atoms with van der Waals surface area (Å²) < 4.78 is 38.2. The summed E-state index contributed by atoms with van der Waals surface area (Å²) in [6, 6.07) is 60.4. The van der Waals surface area contributed by atoms with Crippen molar-refractivity contribution in [1.29, 1.82) is 0 Å². The zero-order valence-corrected chi connectivity index (χ0v) is 57.2. The Morgan fingerprint density at radius 1 is 0.250 bits per heavy atom. The van der Waals surface area contributed by atoms with Gasteiger partial charge in [0, 0.05) is 11.1 Å². The third-order valence-corrected chi connectivity index (χ3v) is 18.3. The first kappa shape index (κ1) is 70.9. The number of hydrogen-bond donors (Lipinski definition) is 0. The molecule has 0 heterocycles. The van der Waals surface area contributed by atoms with Crippen LogP contribution in [0.15, 0.2) is 170 Å². The van der Waals surface area contributed by atoms with Gasteiger partial charge in [-0.25, -0.2) is 0 Å². The quantitative estimate of drug-likeness (QED) is 0.0354. The van der Waals surface area contributed by atoms with Crippen molar-refractivity contribution in [1.82, 2.24) is 0 Å². The molecule has 92 heavy (non-hydrogen) atoms. The molecule has 0 amide bonds. The molecule has 0 aliphatic rings. The molecule has 0 aliphatic heterocycles. The first-order chi connectivity index (χ1) is 45.4. The van der Waals surface area contributed by atoms with Crippen LogP contribution in [-0.4, -0.2) is 38.6 Å². The minimum Gasteiger partial charge on any atom is -0.494 e. The van der Waals surface area contributed by atoms with Gasteiger partial charge in [0.1, 0.15) is 34.5 Å². The minimum absolute atomic E-state index is 0.247. The third-order valence-electron chi connectivity index (χ3n) is 18.3. The number of fused-ring (bicyclic) bond motifs is 2. The van der Waals surface area contributed by atoms with E-state index in [4.69, 9.17) is 28.4 Å². The Labute approximate surface area is 556 Å². The number of ether oxygens (including phenoxy) is 6. The summed E-state index contributed by atoms with van der Waals surface area (Å²) in [7, 11) is 0. The second-order valence-electron chi connectivity index (χ2n) is 26.1. The Kier molecular flexibility index (Phi) is 32.6. The predicted octanol–water partition coefficient (Wildman–Crippen LogP) is 26.0. The zero-order chi connectivity index (χ0) is 63.9. The van der Waals surface area contributed by atoms with E-state index < -0.39 is 0 Å². The molecular formula is C86H114O6. The Morgan fingerprint density at radius 2 is 0.522 bits per heavy atom. The molecule has 0 saturated heterocycles. The number of rotatable bonds is 49. The van der Waals surface area contributed by atoms with Crippen molar-refractivity contribution in [3.05, 3.63) is 170 Å². The predicted molar refractivity (Wildman–Crippen MR) is 392 cm³/mol. The van der Waals surface area contributed by atoms with Crippen molar-refractivity contribution >= 4 is 21.5 Å². The zero-order valence-electron chi connectivity index (χ0n) is 57.2. The largest absolute Gasteiger partial charge is 0.494 e. The Balaban J connectivity index is 0.657. The third kappa shape index (κ3) is 25.2. The van der Waals surface area contributed by atoms with Crippen LogP contribution >= 0.6 is 0 Å². The molecule has 0 aliphatic carbocycles. The van der Waals surface area contributed by atoms with Crippen LogP contribution in [0.4, 0.5) is 0 Å². The molecule has 6 heteroatoms. The maximum Gasteiger partial charge on any atom is 0.127 e. The molecule has 6 nitrogen and oxygen atoms in total. The van der Waals surface area contributed by atoms with Gasteiger partial charge in [0.15, 0.2) is 0 Å². The average Bonchev–Trinajstić information content (AvgIpc) is 0.762. The highest BCUT2D eigenvalue weighted by molar-refractivity contribution is 6.09. The van der Waals surface area contributed by atoms with Gasteiger partial charge in [-0.1, -0.05) is 277 Å². The normalized spacial score (nSPS) is 12.1. The second-order valence-corrected chi connectivity index (χ2v) is 26.1. The molecule has 8 rings (SSSR count). The molecule has 0 radical (unpaired) electrons. The van der Waals surface area contributed by atoms with Crippen LogP contribution in [-0.2, 0) is 0 Å². The smallest absolute Gasteiger partial charge is 0.127 e. The monoisotopic (exact) mass is 1240 g/mol. The lowest BCUT2D eigenvalue weighted by atomic mass is 9.92. The number of hydrogen-bond acceptors (Lipinski definition) is 6. The van der Waals surface area contributed by atoms with E-state index in [1.54, 1.807) is 0 Å². The van der Waals surface area contributed by atoms with Crippen molar-refractivity contribution in [2.75, 3.05) is 26.4 Å². The van der Waals surface area contributed by atoms with Crippen molar-refractivity contribution in [3.8, 4) is 67.9 Å². The van der Waals surface area contributed by atoms with Crippen molar-refractivity contribution < 1.29 is 28.4 Å². The van der Waals surface area contributed by atoms with Gasteiger partial charge in [-0.15, -0.1) is 0 Å². The van der Waals surface area contributed by atoms with Crippen LogP contribution in [0.1, 0.15) is 233 Å². The molecule has 2 unspecified atom stereocenters. The van der Waals surface area contributed by atoms with Crippen LogP contribution in [0.25, 0.3) is 54.9 Å². The molecule has 2 atom stereocenters. The van der Waals surface area contributed by atoms with Gasteiger partial charge < -0.3 is 28.4 Å². The summed E-state index contributed by atoms with van der Waals surface area (Å²) in [6.07, 6.45) is 40.3. The van der Waals surface area contributed by atoms with Crippen LogP contribution in [0.3, 0.4) is 0 Å².